The molecule has 0 radical (unpaired) electrons. The summed E-state index contributed by atoms with van der Waals surface area (Å²) in [6.45, 7) is 15.8. The molecule has 0 aliphatic heterocycles. The second kappa shape index (κ2) is 14.3. The predicted molar refractivity (Wildman–Crippen MR) is 180 cm³/mol. The first-order valence-corrected chi connectivity index (χ1v) is 16.2. The van der Waals surface area contributed by atoms with E-state index >= 15 is 0 Å². The van der Waals surface area contributed by atoms with Crippen LogP contribution in [0.25, 0.3) is 10.8 Å². The van der Waals surface area contributed by atoms with Gasteiger partial charge in [0.25, 0.3) is 0 Å². The van der Waals surface area contributed by atoms with Gasteiger partial charge < -0.3 is 9.84 Å². The lowest BCUT2D eigenvalue weighted by atomic mass is 9.94. The maximum atomic E-state index is 9.01. The van der Waals surface area contributed by atoms with Crippen molar-refractivity contribution in [1.29, 1.82) is 0 Å². The lowest BCUT2D eigenvalue weighted by Gasteiger charge is -2.25. The molecule has 42 heavy (non-hydrogen) atoms. The lowest BCUT2D eigenvalue weighted by Crippen LogP contribution is -2.27. The van der Waals surface area contributed by atoms with Crippen LogP contribution in [-0.4, -0.2) is 10.7 Å². The summed E-state index contributed by atoms with van der Waals surface area (Å²) in [6, 6.07) is 29.4. The topological polar surface area (TPSA) is 29.5 Å². The molecule has 6 rings (SSSR count). The molecule has 0 spiro atoms. The molecule has 2 aliphatic carbocycles. The molecule has 0 saturated heterocycles. The highest BCUT2D eigenvalue weighted by Gasteiger charge is 2.30. The monoisotopic (exact) mass is 564 g/mol. The summed E-state index contributed by atoms with van der Waals surface area (Å²) in [4.78, 5) is 0. The third-order valence-corrected chi connectivity index (χ3v) is 9.86. The van der Waals surface area contributed by atoms with E-state index in [1.165, 1.54) is 65.1 Å². The van der Waals surface area contributed by atoms with Gasteiger partial charge in [0.15, 0.2) is 0 Å². The van der Waals surface area contributed by atoms with Crippen LogP contribution < -0.4 is 4.74 Å². The molecule has 2 nitrogen and oxygen atoms in total. The van der Waals surface area contributed by atoms with Crippen LogP contribution in [0.5, 0.6) is 11.5 Å². The number of rotatable bonds is 6. The van der Waals surface area contributed by atoms with Crippen LogP contribution in [-0.2, 0) is 0 Å². The summed E-state index contributed by atoms with van der Waals surface area (Å²) in [5, 5.41) is 11.9. The van der Waals surface area contributed by atoms with Gasteiger partial charge in [0.1, 0.15) is 17.1 Å². The molecule has 0 aromatic heterocycles. The Bertz CT molecular complexity index is 1350. The zero-order valence-electron chi connectivity index (χ0n) is 27.0. The minimum Gasteiger partial charge on any atom is -0.508 e. The second-order valence-corrected chi connectivity index (χ2v) is 12.9. The summed E-state index contributed by atoms with van der Waals surface area (Å²) in [5.41, 5.74) is 5.86. The fourth-order valence-electron chi connectivity index (χ4n) is 6.35. The van der Waals surface area contributed by atoms with Gasteiger partial charge in [-0.05, 0) is 126 Å². The first-order chi connectivity index (χ1) is 20.2. The molecule has 4 aromatic rings. The Morgan fingerprint density at radius 1 is 0.714 bits per heavy atom. The summed E-state index contributed by atoms with van der Waals surface area (Å²) in [6.07, 6.45) is 7.34. The van der Waals surface area contributed by atoms with E-state index in [0.29, 0.717) is 29.4 Å². The minimum absolute atomic E-state index is 0.0812. The number of ether oxygens (including phenoxy) is 1. The molecule has 0 bridgehead atoms. The molecule has 0 amide bonds. The van der Waals surface area contributed by atoms with Crippen molar-refractivity contribution in [2.45, 2.75) is 116 Å². The number of hydrogen-bond acceptors (Lipinski definition) is 2. The molecule has 1 saturated carbocycles. The standard InChI is InChI=1S/C16H24O.C14H14.C10H14O/c1-4-13(2)14-7-9-15(10-8-14)17-16(3)11-5-6-12-16;1-9-10(2)13-8-4-6-11-5-3-7-12(9)14(11)13;1-3-8(2)9-4-6-10(11)7-5-9/h7-10,13H,4-6,11-12H2,1-3H3;3-10H,1-2H3;4-8,11H,3H2,1-2H3. The van der Waals surface area contributed by atoms with Crippen LogP contribution in [0.1, 0.15) is 133 Å². The average molecular weight is 565 g/mol. The van der Waals surface area contributed by atoms with Crippen molar-refractivity contribution < 1.29 is 9.84 Å². The van der Waals surface area contributed by atoms with E-state index < -0.39 is 0 Å². The zero-order chi connectivity index (χ0) is 30.3. The van der Waals surface area contributed by atoms with Crippen molar-refractivity contribution in [3.63, 3.8) is 0 Å². The Kier molecular flexibility index (Phi) is 10.8. The molecule has 4 aromatic carbocycles. The van der Waals surface area contributed by atoms with Gasteiger partial charge in [0, 0.05) is 0 Å². The van der Waals surface area contributed by atoms with Crippen LogP contribution in [0.3, 0.4) is 0 Å². The predicted octanol–water partition coefficient (Wildman–Crippen LogP) is 11.9. The minimum atomic E-state index is 0.0812. The van der Waals surface area contributed by atoms with Gasteiger partial charge in [-0.15, -0.1) is 0 Å². The lowest BCUT2D eigenvalue weighted by molar-refractivity contribution is 0.0968. The summed E-state index contributed by atoms with van der Waals surface area (Å²) < 4.78 is 6.13. The van der Waals surface area contributed by atoms with Crippen molar-refractivity contribution in [2.75, 3.05) is 0 Å². The number of phenols is 1. The van der Waals surface area contributed by atoms with Crippen molar-refractivity contribution in [3.8, 4) is 11.5 Å². The zero-order valence-corrected chi connectivity index (χ0v) is 27.0. The quantitative estimate of drug-likeness (QED) is 0.252. The van der Waals surface area contributed by atoms with Crippen LogP contribution in [0.15, 0.2) is 84.9 Å². The smallest absolute Gasteiger partial charge is 0.120 e. The molecule has 1 N–H and O–H groups in total. The van der Waals surface area contributed by atoms with Gasteiger partial charge in [-0.2, -0.15) is 0 Å². The van der Waals surface area contributed by atoms with E-state index in [1.807, 2.05) is 12.1 Å². The number of hydrogen-bond donors (Lipinski definition) is 1. The number of aromatic hydroxyl groups is 1. The van der Waals surface area contributed by atoms with Crippen molar-refractivity contribution in [3.05, 3.63) is 107 Å². The molecule has 1 fully saturated rings. The maximum Gasteiger partial charge on any atom is 0.120 e. The van der Waals surface area contributed by atoms with E-state index in [4.69, 9.17) is 9.84 Å². The highest BCUT2D eigenvalue weighted by Crippen LogP contribution is 2.45. The Labute approximate surface area is 255 Å². The Balaban J connectivity index is 0.000000148. The van der Waals surface area contributed by atoms with E-state index in [9.17, 15) is 0 Å². The molecular weight excluding hydrogens is 512 g/mol. The van der Waals surface area contributed by atoms with Crippen molar-refractivity contribution in [2.24, 2.45) is 0 Å². The molecular formula is C40H52O2. The Morgan fingerprint density at radius 3 is 1.62 bits per heavy atom. The third kappa shape index (κ3) is 7.57. The average Bonchev–Trinajstić information content (AvgIpc) is 3.55. The third-order valence-electron chi connectivity index (χ3n) is 9.86. The summed E-state index contributed by atoms with van der Waals surface area (Å²) in [7, 11) is 0. The maximum absolute atomic E-state index is 9.01. The number of benzene rings is 4. The van der Waals surface area contributed by atoms with Gasteiger partial charge in [0.05, 0.1) is 0 Å². The number of phenolic OH excluding ortho intramolecular Hbond substituents is 1. The van der Waals surface area contributed by atoms with Crippen LogP contribution in [0.2, 0.25) is 0 Å². The Hall–Kier alpha value is -3.26. The van der Waals surface area contributed by atoms with Gasteiger partial charge in [-0.1, -0.05) is 102 Å². The van der Waals surface area contributed by atoms with Crippen LogP contribution in [0.4, 0.5) is 0 Å². The van der Waals surface area contributed by atoms with E-state index in [0.717, 1.165) is 12.2 Å². The molecule has 224 valence electrons. The molecule has 0 heterocycles. The van der Waals surface area contributed by atoms with E-state index in [2.05, 4.69) is 109 Å². The first kappa shape index (κ1) is 31.7. The fraction of sp³-hybridized carbons (Fsp3) is 0.450. The highest BCUT2D eigenvalue weighted by molar-refractivity contribution is 5.92. The second-order valence-electron chi connectivity index (χ2n) is 12.9. The van der Waals surface area contributed by atoms with Gasteiger partial charge >= 0.3 is 0 Å². The summed E-state index contributed by atoms with van der Waals surface area (Å²) >= 11 is 0. The van der Waals surface area contributed by atoms with Crippen LogP contribution in [0, 0.1) is 0 Å². The SMILES string of the molecule is CC1c2cccc3cccc(c23)C1C.CCC(C)c1ccc(O)cc1.CCC(C)c1ccc(OC2(C)CCCC2)cc1. The highest BCUT2D eigenvalue weighted by atomic mass is 16.5. The van der Waals surface area contributed by atoms with E-state index in [-0.39, 0.29) is 5.60 Å². The Morgan fingerprint density at radius 2 is 1.17 bits per heavy atom. The van der Waals surface area contributed by atoms with E-state index in [1.54, 1.807) is 12.1 Å². The molecule has 2 aliphatic rings. The molecule has 4 atom stereocenters. The fourth-order valence-corrected chi connectivity index (χ4v) is 6.35. The van der Waals surface area contributed by atoms with Gasteiger partial charge in [-0.3, -0.25) is 0 Å². The first-order valence-electron chi connectivity index (χ1n) is 16.2. The largest absolute Gasteiger partial charge is 0.508 e. The molecule has 2 heteroatoms. The van der Waals surface area contributed by atoms with Crippen molar-refractivity contribution in [1.82, 2.24) is 0 Å². The van der Waals surface area contributed by atoms with Gasteiger partial charge in [0.2, 0.25) is 0 Å². The van der Waals surface area contributed by atoms with Gasteiger partial charge in [-0.25, -0.2) is 0 Å². The normalized spacial score (nSPS) is 19.7. The van der Waals surface area contributed by atoms with Crippen molar-refractivity contribution >= 4 is 10.8 Å². The molecule has 4 unspecified atom stereocenters. The van der Waals surface area contributed by atoms with Crippen LogP contribution >= 0.6 is 0 Å². The summed E-state index contributed by atoms with van der Waals surface area (Å²) in [5.74, 6) is 3.97.